The molecule has 0 aliphatic rings. The van der Waals surface area contributed by atoms with Gasteiger partial charge in [0.1, 0.15) is 11.6 Å². The topological polar surface area (TPSA) is 82.0 Å². The van der Waals surface area contributed by atoms with Gasteiger partial charge in [0.25, 0.3) is 5.91 Å². The summed E-state index contributed by atoms with van der Waals surface area (Å²) in [6.45, 7) is 0. The molecule has 0 saturated heterocycles. The summed E-state index contributed by atoms with van der Waals surface area (Å²) in [5, 5.41) is 14.6. The molecule has 0 heterocycles. The average Bonchev–Trinajstić information content (AvgIpc) is 2.75. The zero-order chi connectivity index (χ0) is 20.5. The molecule has 3 aromatic carbocycles. The van der Waals surface area contributed by atoms with Crippen LogP contribution in [-0.2, 0) is 16.0 Å². The molecule has 29 heavy (non-hydrogen) atoms. The van der Waals surface area contributed by atoms with Gasteiger partial charge in [-0.2, -0.15) is 5.26 Å². The number of nitriles is 1. The van der Waals surface area contributed by atoms with Crippen LogP contribution in [0.5, 0.6) is 0 Å². The minimum absolute atomic E-state index is 0.0650. The summed E-state index contributed by atoms with van der Waals surface area (Å²) in [5.41, 5.74) is 3.28. The lowest BCUT2D eigenvalue weighted by Crippen LogP contribution is -2.32. The highest BCUT2D eigenvalue weighted by atomic mass is 16.2. The van der Waals surface area contributed by atoms with Gasteiger partial charge in [-0.1, -0.05) is 78.9 Å². The first-order valence-electron chi connectivity index (χ1n) is 9.07. The maximum atomic E-state index is 12.3. The highest BCUT2D eigenvalue weighted by molar-refractivity contribution is 6.07. The van der Waals surface area contributed by atoms with E-state index in [0.29, 0.717) is 0 Å². The number of amides is 2. The lowest BCUT2D eigenvalue weighted by Gasteiger charge is -2.10. The molecule has 2 N–H and O–H groups in total. The number of anilines is 1. The Morgan fingerprint density at radius 1 is 0.862 bits per heavy atom. The first-order chi connectivity index (χ1) is 14.2. The van der Waals surface area contributed by atoms with Gasteiger partial charge >= 0.3 is 0 Å². The van der Waals surface area contributed by atoms with E-state index in [0.717, 1.165) is 22.4 Å². The van der Waals surface area contributed by atoms with Crippen LogP contribution in [0.2, 0.25) is 0 Å². The molecule has 142 valence electrons. The largest absolute Gasteiger partial charge is 0.360 e. The molecule has 2 amide bonds. The summed E-state index contributed by atoms with van der Waals surface area (Å²) in [6, 6.07) is 28.3. The molecule has 0 saturated carbocycles. The fourth-order valence-electron chi connectivity index (χ4n) is 2.80. The normalized spacial score (nSPS) is 10.7. The van der Waals surface area contributed by atoms with Gasteiger partial charge in [0.05, 0.1) is 6.42 Å². The molecule has 3 aromatic rings. The average molecular weight is 381 g/mol. The third kappa shape index (κ3) is 5.41. The molecule has 0 aliphatic carbocycles. The van der Waals surface area contributed by atoms with Crippen LogP contribution in [0.25, 0.3) is 11.1 Å². The SMILES string of the molecule is N#CC(=CNc1ccccc1-c1ccccc1)C(=O)NC(=O)Cc1ccccc1. The van der Waals surface area contributed by atoms with Crippen LogP contribution in [0, 0.1) is 11.3 Å². The zero-order valence-electron chi connectivity index (χ0n) is 15.6. The van der Waals surface area contributed by atoms with E-state index in [-0.39, 0.29) is 12.0 Å². The third-order valence-electron chi connectivity index (χ3n) is 4.21. The van der Waals surface area contributed by atoms with Crippen molar-refractivity contribution in [2.45, 2.75) is 6.42 Å². The summed E-state index contributed by atoms with van der Waals surface area (Å²) >= 11 is 0. The molecule has 0 unspecified atom stereocenters. The van der Waals surface area contributed by atoms with Crippen LogP contribution in [-0.4, -0.2) is 11.8 Å². The Labute approximate surface area is 169 Å². The van der Waals surface area contributed by atoms with Crippen LogP contribution in [0.15, 0.2) is 96.7 Å². The summed E-state index contributed by atoms with van der Waals surface area (Å²) in [7, 11) is 0. The van der Waals surface area contributed by atoms with Crippen molar-refractivity contribution < 1.29 is 9.59 Å². The molecule has 0 radical (unpaired) electrons. The number of nitrogens with one attached hydrogen (secondary N) is 2. The predicted octanol–water partition coefficient (Wildman–Crippen LogP) is 4.06. The Morgan fingerprint density at radius 3 is 2.17 bits per heavy atom. The Morgan fingerprint density at radius 2 is 1.48 bits per heavy atom. The van der Waals surface area contributed by atoms with Crippen molar-refractivity contribution >= 4 is 17.5 Å². The van der Waals surface area contributed by atoms with Crippen LogP contribution < -0.4 is 10.6 Å². The van der Waals surface area contributed by atoms with Crippen molar-refractivity contribution in [3.05, 3.63) is 102 Å². The summed E-state index contributed by atoms with van der Waals surface area (Å²) < 4.78 is 0. The van der Waals surface area contributed by atoms with Crippen molar-refractivity contribution in [1.29, 1.82) is 5.26 Å². The maximum Gasteiger partial charge on any atom is 0.270 e. The fraction of sp³-hybridized carbons (Fsp3) is 0.0417. The van der Waals surface area contributed by atoms with Crippen molar-refractivity contribution in [1.82, 2.24) is 5.32 Å². The number of rotatable bonds is 6. The number of carbonyl (C=O) groups is 2. The van der Waals surface area contributed by atoms with Crippen molar-refractivity contribution in [2.24, 2.45) is 0 Å². The molecular formula is C24H19N3O2. The molecule has 0 aliphatic heterocycles. The second-order valence-corrected chi connectivity index (χ2v) is 6.27. The fourth-order valence-corrected chi connectivity index (χ4v) is 2.80. The van der Waals surface area contributed by atoms with Crippen LogP contribution >= 0.6 is 0 Å². The van der Waals surface area contributed by atoms with E-state index >= 15 is 0 Å². The number of nitrogens with zero attached hydrogens (tertiary/aromatic N) is 1. The van der Waals surface area contributed by atoms with E-state index in [2.05, 4.69) is 10.6 Å². The van der Waals surface area contributed by atoms with E-state index in [4.69, 9.17) is 0 Å². The number of hydrogen-bond donors (Lipinski definition) is 2. The van der Waals surface area contributed by atoms with E-state index in [1.807, 2.05) is 78.9 Å². The quantitative estimate of drug-likeness (QED) is 0.498. The van der Waals surface area contributed by atoms with Crippen LogP contribution in [0.1, 0.15) is 5.56 Å². The molecule has 3 rings (SSSR count). The molecule has 0 atom stereocenters. The van der Waals surface area contributed by atoms with Gasteiger partial charge < -0.3 is 5.32 Å². The highest BCUT2D eigenvalue weighted by Gasteiger charge is 2.14. The Bertz CT molecular complexity index is 1070. The molecule has 5 nitrogen and oxygen atoms in total. The third-order valence-corrected chi connectivity index (χ3v) is 4.21. The molecule has 0 fully saturated rings. The standard InChI is InChI=1S/C24H19N3O2/c25-16-20(24(29)27-23(28)15-18-9-3-1-4-10-18)17-26-22-14-8-7-13-21(22)19-11-5-2-6-12-19/h1-14,17,26H,15H2,(H,27,28,29). The second kappa shape index (κ2) is 9.67. The van der Waals surface area contributed by atoms with Gasteiger partial charge in [0.2, 0.25) is 5.91 Å². The van der Waals surface area contributed by atoms with E-state index < -0.39 is 11.8 Å². The van der Waals surface area contributed by atoms with Crippen molar-refractivity contribution in [3.8, 4) is 17.2 Å². The van der Waals surface area contributed by atoms with Gasteiger partial charge in [-0.3, -0.25) is 14.9 Å². The minimum Gasteiger partial charge on any atom is -0.360 e. The highest BCUT2D eigenvalue weighted by Crippen LogP contribution is 2.27. The monoisotopic (exact) mass is 381 g/mol. The summed E-state index contributed by atoms with van der Waals surface area (Å²) in [5.74, 6) is -1.20. The van der Waals surface area contributed by atoms with Gasteiger partial charge in [0.15, 0.2) is 0 Å². The van der Waals surface area contributed by atoms with Gasteiger partial charge in [-0.25, -0.2) is 0 Å². The maximum absolute atomic E-state index is 12.3. The predicted molar refractivity (Wildman–Crippen MR) is 112 cm³/mol. The lowest BCUT2D eigenvalue weighted by molar-refractivity contribution is -0.127. The molecule has 0 aromatic heterocycles. The number of hydrogen-bond acceptors (Lipinski definition) is 4. The molecule has 0 spiro atoms. The first-order valence-corrected chi connectivity index (χ1v) is 9.07. The first kappa shape index (κ1) is 19.6. The Kier molecular flexibility index (Phi) is 6.53. The number of benzene rings is 3. The molecule has 5 heteroatoms. The van der Waals surface area contributed by atoms with Gasteiger partial charge in [-0.05, 0) is 17.2 Å². The molecular weight excluding hydrogens is 362 g/mol. The lowest BCUT2D eigenvalue weighted by atomic mass is 10.0. The number of imide groups is 1. The number of carbonyl (C=O) groups excluding carboxylic acids is 2. The van der Waals surface area contributed by atoms with E-state index in [9.17, 15) is 14.9 Å². The van der Waals surface area contributed by atoms with E-state index in [1.54, 1.807) is 12.1 Å². The molecule has 0 bridgehead atoms. The summed E-state index contributed by atoms with van der Waals surface area (Å²) in [4.78, 5) is 24.4. The van der Waals surface area contributed by atoms with Crippen LogP contribution in [0.4, 0.5) is 5.69 Å². The Hall–Kier alpha value is -4.17. The van der Waals surface area contributed by atoms with E-state index in [1.165, 1.54) is 6.20 Å². The van der Waals surface area contributed by atoms with Crippen molar-refractivity contribution in [3.63, 3.8) is 0 Å². The second-order valence-electron chi connectivity index (χ2n) is 6.27. The van der Waals surface area contributed by atoms with Gasteiger partial charge in [-0.15, -0.1) is 0 Å². The smallest absolute Gasteiger partial charge is 0.270 e. The van der Waals surface area contributed by atoms with Gasteiger partial charge in [0, 0.05) is 17.5 Å². The Balaban J connectivity index is 1.70. The minimum atomic E-state index is -0.738. The zero-order valence-corrected chi connectivity index (χ0v) is 15.6. The van der Waals surface area contributed by atoms with Crippen LogP contribution in [0.3, 0.4) is 0 Å². The summed E-state index contributed by atoms with van der Waals surface area (Å²) in [6.07, 6.45) is 1.38. The van der Waals surface area contributed by atoms with Crippen molar-refractivity contribution in [2.75, 3.05) is 5.32 Å². The number of para-hydroxylation sites is 1.